The summed E-state index contributed by atoms with van der Waals surface area (Å²) < 4.78 is 33.1. The number of hydrogen-bond acceptors (Lipinski definition) is 6. The fourth-order valence-corrected chi connectivity index (χ4v) is 6.56. The van der Waals surface area contributed by atoms with Crippen LogP contribution in [0.4, 0.5) is 11.4 Å². The van der Waals surface area contributed by atoms with Crippen LogP contribution in [-0.2, 0) is 21.2 Å². The maximum absolute atomic E-state index is 13.2. The number of carbonyl (C=O) groups is 1. The van der Waals surface area contributed by atoms with Crippen LogP contribution >= 0.6 is 11.3 Å². The van der Waals surface area contributed by atoms with Crippen LogP contribution < -0.4 is 10.2 Å². The predicted molar refractivity (Wildman–Crippen MR) is 124 cm³/mol. The summed E-state index contributed by atoms with van der Waals surface area (Å²) in [6.07, 6.45) is 3.05. The van der Waals surface area contributed by atoms with E-state index in [9.17, 15) is 13.2 Å². The summed E-state index contributed by atoms with van der Waals surface area (Å²) in [5.41, 5.74) is 2.58. The van der Waals surface area contributed by atoms with Gasteiger partial charge in [-0.05, 0) is 56.0 Å². The van der Waals surface area contributed by atoms with Gasteiger partial charge in [0.25, 0.3) is 5.91 Å². The summed E-state index contributed by atoms with van der Waals surface area (Å²) in [4.78, 5) is 17.2. The second-order valence-corrected chi connectivity index (χ2v) is 11.1. The zero-order chi connectivity index (χ0) is 22.0. The fraction of sp³-hybridized carbons (Fsp3) is 0.500. The number of thiophene rings is 1. The third kappa shape index (κ3) is 4.64. The number of nitrogens with zero attached hydrogens (tertiary/aromatic N) is 2. The molecule has 31 heavy (non-hydrogen) atoms. The van der Waals surface area contributed by atoms with E-state index in [1.165, 1.54) is 21.2 Å². The largest absolute Gasteiger partial charge is 0.379 e. The van der Waals surface area contributed by atoms with E-state index in [1.807, 2.05) is 19.1 Å². The smallest absolute Gasteiger partial charge is 0.265 e. The molecule has 3 heterocycles. The molecular formula is C22H29N3O4S2. The number of anilines is 2. The zero-order valence-electron chi connectivity index (χ0n) is 18.0. The molecular weight excluding hydrogens is 434 g/mol. The van der Waals surface area contributed by atoms with Crippen LogP contribution in [0.5, 0.6) is 0 Å². The van der Waals surface area contributed by atoms with Crippen molar-refractivity contribution in [3.63, 3.8) is 0 Å². The number of benzene rings is 1. The lowest BCUT2D eigenvalue weighted by molar-refractivity contribution is 0.0730. The Kier molecular flexibility index (Phi) is 6.66. The van der Waals surface area contributed by atoms with Crippen molar-refractivity contribution in [1.82, 2.24) is 4.31 Å². The van der Waals surface area contributed by atoms with Crippen LogP contribution in [0.3, 0.4) is 0 Å². The Labute approximate surface area is 188 Å². The van der Waals surface area contributed by atoms with Crippen LogP contribution in [0.15, 0.2) is 29.2 Å². The molecule has 1 N–H and O–H groups in total. The van der Waals surface area contributed by atoms with Crippen molar-refractivity contribution in [3.05, 3.63) is 39.6 Å². The summed E-state index contributed by atoms with van der Waals surface area (Å²) in [5, 5.41) is 3.01. The third-order valence-electron chi connectivity index (χ3n) is 5.90. The van der Waals surface area contributed by atoms with E-state index in [4.69, 9.17) is 4.74 Å². The number of nitrogens with one attached hydrogen (secondary N) is 1. The Morgan fingerprint density at radius 3 is 2.48 bits per heavy atom. The van der Waals surface area contributed by atoms with Gasteiger partial charge in [-0.3, -0.25) is 4.79 Å². The molecule has 2 saturated heterocycles. The number of aryl methyl sites for hydroxylation is 2. The molecule has 0 spiro atoms. The molecule has 1 aromatic heterocycles. The highest BCUT2D eigenvalue weighted by atomic mass is 32.2. The average molecular weight is 464 g/mol. The van der Waals surface area contributed by atoms with Gasteiger partial charge in [0, 0.05) is 31.1 Å². The monoisotopic (exact) mass is 463 g/mol. The Balaban J connectivity index is 1.67. The van der Waals surface area contributed by atoms with Crippen molar-refractivity contribution in [3.8, 4) is 0 Å². The number of hydrogen-bond donors (Lipinski definition) is 1. The van der Waals surface area contributed by atoms with Crippen LogP contribution in [0, 0.1) is 6.92 Å². The fourth-order valence-electron chi connectivity index (χ4n) is 4.11. The van der Waals surface area contributed by atoms with Gasteiger partial charge in [-0.15, -0.1) is 11.3 Å². The standard InChI is InChI=1S/C22H29N3O4S2/c1-3-17-14-21(30-16(17)2)22(26)23-19-15-18(6-7-20(19)24-8-4-5-9-24)31(27,28)25-10-12-29-13-11-25/h6-7,14-15H,3-5,8-13H2,1-2H3,(H,23,26). The Bertz CT molecular complexity index is 1050. The van der Waals surface area contributed by atoms with Crippen molar-refractivity contribution >= 4 is 38.6 Å². The van der Waals surface area contributed by atoms with Gasteiger partial charge in [0.2, 0.25) is 10.0 Å². The summed E-state index contributed by atoms with van der Waals surface area (Å²) in [6, 6.07) is 7.01. The van der Waals surface area contributed by atoms with Crippen molar-refractivity contribution in [2.75, 3.05) is 49.6 Å². The molecule has 0 radical (unpaired) electrons. The van der Waals surface area contributed by atoms with E-state index in [1.54, 1.807) is 12.1 Å². The first-order chi connectivity index (χ1) is 14.9. The topological polar surface area (TPSA) is 79.0 Å². The molecule has 4 rings (SSSR count). The first kappa shape index (κ1) is 22.3. The molecule has 7 nitrogen and oxygen atoms in total. The highest BCUT2D eigenvalue weighted by Crippen LogP contribution is 2.33. The molecule has 0 saturated carbocycles. The normalized spacial score (nSPS) is 17.8. The molecule has 1 aromatic carbocycles. The lowest BCUT2D eigenvalue weighted by atomic mass is 10.2. The third-order valence-corrected chi connectivity index (χ3v) is 8.88. The van der Waals surface area contributed by atoms with Crippen molar-refractivity contribution in [1.29, 1.82) is 0 Å². The van der Waals surface area contributed by atoms with E-state index in [2.05, 4.69) is 17.1 Å². The molecule has 2 aromatic rings. The molecule has 2 aliphatic rings. The Morgan fingerprint density at radius 2 is 1.84 bits per heavy atom. The molecule has 0 bridgehead atoms. The number of sulfonamides is 1. The molecule has 0 atom stereocenters. The van der Waals surface area contributed by atoms with Crippen molar-refractivity contribution < 1.29 is 17.9 Å². The Hall–Kier alpha value is -1.94. The number of ether oxygens (including phenoxy) is 1. The van der Waals surface area contributed by atoms with Crippen molar-refractivity contribution in [2.24, 2.45) is 0 Å². The van der Waals surface area contributed by atoms with Crippen LogP contribution in [0.2, 0.25) is 0 Å². The van der Waals surface area contributed by atoms with Crippen molar-refractivity contribution in [2.45, 2.75) is 38.0 Å². The van der Waals surface area contributed by atoms with Gasteiger partial charge in [0.15, 0.2) is 0 Å². The van der Waals surface area contributed by atoms with Crippen LogP contribution in [-0.4, -0.2) is 58.0 Å². The SMILES string of the molecule is CCc1cc(C(=O)Nc2cc(S(=O)(=O)N3CCOCC3)ccc2N2CCCC2)sc1C. The molecule has 9 heteroatoms. The van der Waals surface area contributed by atoms with E-state index < -0.39 is 10.0 Å². The van der Waals surface area contributed by atoms with Crippen LogP contribution in [0.1, 0.15) is 39.9 Å². The van der Waals surface area contributed by atoms with Gasteiger partial charge in [-0.1, -0.05) is 6.92 Å². The van der Waals surface area contributed by atoms with Gasteiger partial charge in [-0.2, -0.15) is 4.31 Å². The van der Waals surface area contributed by atoms with Gasteiger partial charge < -0.3 is 15.0 Å². The quantitative estimate of drug-likeness (QED) is 0.709. The molecule has 2 fully saturated rings. The average Bonchev–Trinajstić information content (AvgIpc) is 3.44. The second-order valence-electron chi connectivity index (χ2n) is 7.89. The van der Waals surface area contributed by atoms with Gasteiger partial charge in [0.05, 0.1) is 34.4 Å². The molecule has 0 unspecified atom stereocenters. The number of carbonyl (C=O) groups excluding carboxylic acids is 1. The van der Waals surface area contributed by atoms with E-state index in [0.29, 0.717) is 36.9 Å². The summed E-state index contributed by atoms with van der Waals surface area (Å²) in [5.74, 6) is -0.200. The van der Waals surface area contributed by atoms with Gasteiger partial charge in [0.1, 0.15) is 0 Å². The number of rotatable bonds is 6. The first-order valence-corrected chi connectivity index (χ1v) is 13.0. The highest BCUT2D eigenvalue weighted by molar-refractivity contribution is 7.89. The minimum atomic E-state index is -3.65. The lowest BCUT2D eigenvalue weighted by Gasteiger charge is -2.27. The summed E-state index contributed by atoms with van der Waals surface area (Å²) in [6.45, 7) is 7.36. The predicted octanol–water partition coefficient (Wildman–Crippen LogP) is 3.49. The van der Waals surface area contributed by atoms with Gasteiger partial charge >= 0.3 is 0 Å². The molecule has 1 amide bonds. The molecule has 0 aliphatic carbocycles. The minimum absolute atomic E-state index is 0.198. The Morgan fingerprint density at radius 1 is 1.13 bits per heavy atom. The van der Waals surface area contributed by atoms with Crippen LogP contribution in [0.25, 0.3) is 0 Å². The molecule has 2 aliphatic heterocycles. The zero-order valence-corrected chi connectivity index (χ0v) is 19.7. The molecule has 168 valence electrons. The van der Waals surface area contributed by atoms with E-state index >= 15 is 0 Å². The minimum Gasteiger partial charge on any atom is -0.379 e. The highest BCUT2D eigenvalue weighted by Gasteiger charge is 2.28. The lowest BCUT2D eigenvalue weighted by Crippen LogP contribution is -2.40. The van der Waals surface area contributed by atoms with E-state index in [-0.39, 0.29) is 10.8 Å². The number of morpholine rings is 1. The maximum Gasteiger partial charge on any atom is 0.265 e. The second kappa shape index (κ2) is 9.28. The first-order valence-electron chi connectivity index (χ1n) is 10.8. The van der Waals surface area contributed by atoms with E-state index in [0.717, 1.165) is 42.9 Å². The van der Waals surface area contributed by atoms with Gasteiger partial charge in [-0.25, -0.2) is 8.42 Å². The summed E-state index contributed by atoms with van der Waals surface area (Å²) >= 11 is 1.47. The summed E-state index contributed by atoms with van der Waals surface area (Å²) in [7, 11) is -3.65. The number of amides is 1. The maximum atomic E-state index is 13.2.